The number of hydrogen-bond donors (Lipinski definition) is 1. The number of rotatable bonds is 4. The fourth-order valence-corrected chi connectivity index (χ4v) is 3.46. The average Bonchev–Trinajstić information content (AvgIpc) is 2.79. The summed E-state index contributed by atoms with van der Waals surface area (Å²) in [7, 11) is 0. The van der Waals surface area contributed by atoms with Crippen LogP contribution in [0, 0.1) is 0 Å². The van der Waals surface area contributed by atoms with Crippen LogP contribution in [-0.2, 0) is 6.54 Å². The summed E-state index contributed by atoms with van der Waals surface area (Å²) in [6.45, 7) is 3.63. The van der Waals surface area contributed by atoms with E-state index in [0.29, 0.717) is 30.2 Å². The van der Waals surface area contributed by atoms with Crippen molar-refractivity contribution in [3.63, 3.8) is 0 Å². The van der Waals surface area contributed by atoms with E-state index in [9.17, 15) is 9.59 Å². The van der Waals surface area contributed by atoms with Crippen molar-refractivity contribution in [2.24, 2.45) is 0 Å². The van der Waals surface area contributed by atoms with Crippen LogP contribution in [-0.4, -0.2) is 57.8 Å². The molecule has 0 aliphatic carbocycles. The zero-order valence-corrected chi connectivity index (χ0v) is 16.5. The topological polar surface area (TPSA) is 96.3 Å². The normalized spacial score (nSPS) is 14.5. The van der Waals surface area contributed by atoms with Crippen LogP contribution in [0.15, 0.2) is 67.3 Å². The van der Waals surface area contributed by atoms with Crippen LogP contribution in [0.5, 0.6) is 0 Å². The van der Waals surface area contributed by atoms with Crippen LogP contribution >= 0.6 is 0 Å². The van der Waals surface area contributed by atoms with Gasteiger partial charge in [0.2, 0.25) is 5.78 Å². The number of nitrogen functional groups attached to an aromatic ring is 1. The van der Waals surface area contributed by atoms with Gasteiger partial charge in [-0.3, -0.25) is 14.7 Å². The molecule has 8 heteroatoms. The van der Waals surface area contributed by atoms with E-state index >= 15 is 0 Å². The summed E-state index contributed by atoms with van der Waals surface area (Å²) in [5, 5.41) is 0. The SMILES string of the molecule is Nc1cc(CN2CCN(C(=O)[n+]3ccc(C(=O)c4ccccn4)cc3)CC2)ccn1. The van der Waals surface area contributed by atoms with Gasteiger partial charge >= 0.3 is 6.03 Å². The maximum absolute atomic E-state index is 12.8. The number of anilines is 1. The van der Waals surface area contributed by atoms with E-state index in [-0.39, 0.29) is 11.8 Å². The number of carbonyl (C=O) groups excluding carboxylic acids is 2. The molecule has 0 unspecified atom stereocenters. The van der Waals surface area contributed by atoms with Gasteiger partial charge in [-0.15, -0.1) is 0 Å². The molecule has 0 saturated carbocycles. The Hall–Kier alpha value is -3.65. The number of aromatic nitrogens is 3. The second-order valence-corrected chi connectivity index (χ2v) is 7.17. The van der Waals surface area contributed by atoms with Crippen molar-refractivity contribution in [2.45, 2.75) is 6.54 Å². The summed E-state index contributed by atoms with van der Waals surface area (Å²) in [5.41, 5.74) is 7.74. The molecule has 2 N–H and O–H groups in total. The van der Waals surface area contributed by atoms with E-state index in [1.807, 2.05) is 17.0 Å². The molecule has 30 heavy (non-hydrogen) atoms. The molecule has 3 aromatic heterocycles. The van der Waals surface area contributed by atoms with Crippen LogP contribution in [0.4, 0.5) is 10.6 Å². The van der Waals surface area contributed by atoms with Gasteiger partial charge in [0.15, 0.2) is 0 Å². The standard InChI is InChI=1S/C22H23N6O2/c23-20-15-17(4-8-25-20)16-26-11-13-28(14-12-26)22(30)27-9-5-18(6-10-27)21(29)19-3-1-2-7-24-19/h1-10,15H,11-14,16H2,(H2,23,25)/q+1. The molecule has 0 radical (unpaired) electrons. The highest BCUT2D eigenvalue weighted by molar-refractivity contribution is 6.07. The Bertz CT molecular complexity index is 1030. The fourth-order valence-electron chi connectivity index (χ4n) is 3.46. The maximum Gasteiger partial charge on any atom is 0.497 e. The maximum atomic E-state index is 12.8. The fraction of sp³-hybridized carbons (Fsp3) is 0.227. The summed E-state index contributed by atoms with van der Waals surface area (Å²) in [6.07, 6.45) is 6.56. The van der Waals surface area contributed by atoms with Gasteiger partial charge in [0, 0.05) is 37.6 Å². The predicted octanol–water partition coefficient (Wildman–Crippen LogP) is 1.36. The number of pyridine rings is 3. The molecule has 1 amide bonds. The molecule has 0 bridgehead atoms. The Morgan fingerprint density at radius 1 is 0.967 bits per heavy atom. The average molecular weight is 403 g/mol. The van der Waals surface area contributed by atoms with Gasteiger partial charge in [-0.05, 0) is 42.0 Å². The first kappa shape index (κ1) is 19.7. The quantitative estimate of drug-likeness (QED) is 0.522. The highest BCUT2D eigenvalue weighted by Gasteiger charge is 2.29. The number of carbonyl (C=O) groups is 2. The number of ketones is 1. The molecule has 4 rings (SSSR count). The van der Waals surface area contributed by atoms with Gasteiger partial charge < -0.3 is 5.73 Å². The lowest BCUT2D eigenvalue weighted by atomic mass is 10.1. The van der Waals surface area contributed by atoms with Gasteiger partial charge in [0.1, 0.15) is 37.0 Å². The highest BCUT2D eigenvalue weighted by Crippen LogP contribution is 2.10. The van der Waals surface area contributed by atoms with Crippen molar-refractivity contribution < 1.29 is 14.2 Å². The second kappa shape index (κ2) is 8.79. The van der Waals surface area contributed by atoms with Crippen LogP contribution in [0.25, 0.3) is 0 Å². The van der Waals surface area contributed by atoms with E-state index in [1.54, 1.807) is 55.1 Å². The first-order valence-electron chi connectivity index (χ1n) is 9.79. The summed E-state index contributed by atoms with van der Waals surface area (Å²) < 4.78 is 1.51. The molecule has 1 aliphatic heterocycles. The van der Waals surface area contributed by atoms with Crippen LogP contribution in [0.3, 0.4) is 0 Å². The third kappa shape index (κ3) is 4.49. The van der Waals surface area contributed by atoms with Crippen molar-refractivity contribution in [2.75, 3.05) is 31.9 Å². The first-order valence-corrected chi connectivity index (χ1v) is 9.79. The van der Waals surface area contributed by atoms with E-state index < -0.39 is 0 Å². The van der Waals surface area contributed by atoms with Crippen LogP contribution in [0.2, 0.25) is 0 Å². The molecule has 1 fully saturated rings. The lowest BCUT2D eigenvalue weighted by Crippen LogP contribution is -2.57. The molecule has 3 aromatic rings. The molecular weight excluding hydrogens is 380 g/mol. The van der Waals surface area contributed by atoms with Gasteiger partial charge in [0.05, 0.1) is 0 Å². The van der Waals surface area contributed by atoms with Crippen LogP contribution < -0.4 is 10.3 Å². The molecule has 4 heterocycles. The van der Waals surface area contributed by atoms with Crippen molar-refractivity contribution in [1.29, 1.82) is 0 Å². The number of nitrogens with two attached hydrogens (primary N) is 1. The van der Waals surface area contributed by atoms with E-state index in [4.69, 9.17) is 5.73 Å². The summed E-state index contributed by atoms with van der Waals surface area (Å²) in [6, 6.07) is 12.3. The van der Waals surface area contributed by atoms with Crippen molar-refractivity contribution >= 4 is 17.6 Å². The number of hydrogen-bond acceptors (Lipinski definition) is 6. The predicted molar refractivity (Wildman–Crippen MR) is 111 cm³/mol. The lowest BCUT2D eigenvalue weighted by molar-refractivity contribution is -0.578. The van der Waals surface area contributed by atoms with Crippen molar-refractivity contribution in [3.05, 3.63) is 84.1 Å². The minimum absolute atomic E-state index is 0.0976. The molecule has 8 nitrogen and oxygen atoms in total. The molecule has 0 spiro atoms. The Kier molecular flexibility index (Phi) is 5.76. The van der Waals surface area contributed by atoms with Crippen LogP contribution in [0.1, 0.15) is 21.6 Å². The Labute approximate surface area is 174 Å². The van der Waals surface area contributed by atoms with E-state index in [1.165, 1.54) is 4.57 Å². The summed E-state index contributed by atoms with van der Waals surface area (Å²) in [5.74, 6) is 0.350. The summed E-state index contributed by atoms with van der Waals surface area (Å²) >= 11 is 0. The molecule has 0 aromatic carbocycles. The molecule has 0 atom stereocenters. The Morgan fingerprint density at radius 2 is 1.73 bits per heavy atom. The van der Waals surface area contributed by atoms with Gasteiger partial charge in [-0.2, -0.15) is 9.36 Å². The Balaban J connectivity index is 1.34. The van der Waals surface area contributed by atoms with E-state index in [0.717, 1.165) is 25.2 Å². The number of nitrogens with zero attached hydrogens (tertiary/aromatic N) is 5. The molecule has 1 aliphatic rings. The minimum Gasteiger partial charge on any atom is -0.384 e. The zero-order valence-electron chi connectivity index (χ0n) is 16.5. The largest absolute Gasteiger partial charge is 0.497 e. The highest BCUT2D eigenvalue weighted by atomic mass is 16.2. The smallest absolute Gasteiger partial charge is 0.384 e. The monoisotopic (exact) mass is 403 g/mol. The van der Waals surface area contributed by atoms with Gasteiger partial charge in [0.25, 0.3) is 0 Å². The third-order valence-electron chi connectivity index (χ3n) is 5.10. The van der Waals surface area contributed by atoms with Crippen molar-refractivity contribution in [1.82, 2.24) is 19.8 Å². The molecular formula is C22H23N6O2+. The van der Waals surface area contributed by atoms with Gasteiger partial charge in [-0.25, -0.2) is 9.88 Å². The summed E-state index contributed by atoms with van der Waals surface area (Å²) in [4.78, 5) is 37.5. The number of piperazine rings is 1. The zero-order chi connectivity index (χ0) is 20.9. The lowest BCUT2D eigenvalue weighted by Gasteiger charge is -2.30. The number of amides is 1. The van der Waals surface area contributed by atoms with E-state index in [2.05, 4.69) is 14.9 Å². The van der Waals surface area contributed by atoms with Crippen molar-refractivity contribution in [3.8, 4) is 0 Å². The van der Waals surface area contributed by atoms with Gasteiger partial charge in [-0.1, -0.05) is 6.07 Å². The first-order chi connectivity index (χ1) is 14.6. The third-order valence-corrected chi connectivity index (χ3v) is 5.10. The molecule has 1 saturated heterocycles. The molecule has 152 valence electrons. The Morgan fingerprint density at radius 3 is 2.40 bits per heavy atom. The second-order valence-electron chi connectivity index (χ2n) is 7.17. The minimum atomic E-state index is -0.166.